The summed E-state index contributed by atoms with van der Waals surface area (Å²) in [5.74, 6) is -0.980. The van der Waals surface area contributed by atoms with Gasteiger partial charge in [-0.1, -0.05) is 0 Å². The van der Waals surface area contributed by atoms with Crippen LogP contribution in [-0.2, 0) is 0 Å². The number of nitrogens with zero attached hydrogens (tertiary/aromatic N) is 2. The second-order valence-corrected chi connectivity index (χ2v) is 6.39. The Kier molecular flexibility index (Phi) is 3.30. The lowest BCUT2D eigenvalue weighted by Crippen LogP contribution is -1.93. The quantitative estimate of drug-likeness (QED) is 0.417. The largest absolute Gasteiger partial charge is 0.478 e. The SMILES string of the molecule is O=C(O)c1cc2cc3nc(cc4nc(cc5ccc(cc1[nH]2)[nH]5)C=C4)C=C3. The molecule has 0 spiro atoms. The van der Waals surface area contributed by atoms with E-state index in [-0.39, 0.29) is 5.56 Å². The van der Waals surface area contributed by atoms with E-state index in [1.807, 2.05) is 54.6 Å². The van der Waals surface area contributed by atoms with Gasteiger partial charge in [-0.3, -0.25) is 0 Å². The Balaban J connectivity index is 1.88. The van der Waals surface area contributed by atoms with E-state index < -0.39 is 5.97 Å². The Hall–Kier alpha value is -3.93. The van der Waals surface area contributed by atoms with Gasteiger partial charge in [0.05, 0.1) is 33.9 Å². The van der Waals surface area contributed by atoms with Gasteiger partial charge in [0.25, 0.3) is 0 Å². The van der Waals surface area contributed by atoms with E-state index in [1.54, 1.807) is 12.1 Å². The van der Waals surface area contributed by atoms with Crippen molar-refractivity contribution in [1.82, 2.24) is 19.9 Å². The van der Waals surface area contributed by atoms with Gasteiger partial charge in [0.2, 0.25) is 0 Å². The van der Waals surface area contributed by atoms with Crippen molar-refractivity contribution in [3.8, 4) is 0 Å². The summed E-state index contributed by atoms with van der Waals surface area (Å²) in [5, 5.41) is 9.52. The summed E-state index contributed by atoms with van der Waals surface area (Å²) in [7, 11) is 0. The fraction of sp³-hybridized carbons (Fsp3) is 0. The Morgan fingerprint density at radius 2 is 1.26 bits per heavy atom. The second kappa shape index (κ2) is 5.81. The highest BCUT2D eigenvalue weighted by Gasteiger charge is 2.09. The van der Waals surface area contributed by atoms with Crippen molar-refractivity contribution in [2.75, 3.05) is 0 Å². The molecule has 5 heterocycles. The molecule has 27 heavy (non-hydrogen) atoms. The zero-order valence-corrected chi connectivity index (χ0v) is 14.1. The predicted molar refractivity (Wildman–Crippen MR) is 106 cm³/mol. The van der Waals surface area contributed by atoms with E-state index in [2.05, 4.69) is 19.9 Å². The van der Waals surface area contributed by atoms with Gasteiger partial charge in [0, 0.05) is 16.6 Å². The molecule has 5 rings (SSSR count). The molecular formula is C21H14N4O2. The number of hydrogen-bond acceptors (Lipinski definition) is 3. The summed E-state index contributed by atoms with van der Waals surface area (Å²) >= 11 is 0. The van der Waals surface area contributed by atoms with Gasteiger partial charge in [-0.2, -0.15) is 0 Å². The predicted octanol–water partition coefficient (Wildman–Crippen LogP) is 4.35. The Bertz CT molecular complexity index is 1310. The fourth-order valence-corrected chi connectivity index (χ4v) is 3.19. The summed E-state index contributed by atoms with van der Waals surface area (Å²) in [6.45, 7) is 0. The number of carboxylic acid groups (broad SMARTS) is 1. The van der Waals surface area contributed by atoms with Crippen LogP contribution in [0.2, 0.25) is 0 Å². The molecule has 3 N–H and O–H groups in total. The van der Waals surface area contributed by atoms with E-state index in [9.17, 15) is 9.90 Å². The third kappa shape index (κ3) is 2.93. The van der Waals surface area contributed by atoms with Crippen molar-refractivity contribution in [3.63, 3.8) is 0 Å². The first-order chi connectivity index (χ1) is 13.1. The third-order valence-electron chi connectivity index (χ3n) is 4.40. The summed E-state index contributed by atoms with van der Waals surface area (Å²) in [5.41, 5.74) is 6.35. The highest BCUT2D eigenvalue weighted by atomic mass is 16.4. The average molecular weight is 354 g/mol. The summed E-state index contributed by atoms with van der Waals surface area (Å²) < 4.78 is 0. The molecule has 0 saturated carbocycles. The fourth-order valence-electron chi connectivity index (χ4n) is 3.19. The highest BCUT2D eigenvalue weighted by molar-refractivity contribution is 5.98. The number of aromatic nitrogens is 4. The van der Waals surface area contributed by atoms with E-state index in [1.165, 1.54) is 0 Å². The Morgan fingerprint density at radius 1 is 0.704 bits per heavy atom. The first-order valence-corrected chi connectivity index (χ1v) is 8.44. The molecule has 130 valence electrons. The van der Waals surface area contributed by atoms with Crippen molar-refractivity contribution < 1.29 is 9.90 Å². The smallest absolute Gasteiger partial charge is 0.337 e. The van der Waals surface area contributed by atoms with Gasteiger partial charge >= 0.3 is 5.97 Å². The average Bonchev–Trinajstić information content (AvgIpc) is 3.38. The molecule has 0 unspecified atom stereocenters. The maximum Gasteiger partial charge on any atom is 0.337 e. The van der Waals surface area contributed by atoms with Crippen LogP contribution in [0.4, 0.5) is 0 Å². The number of aromatic amines is 2. The number of carboxylic acids is 1. The number of fused-ring (bicyclic) bond motifs is 8. The van der Waals surface area contributed by atoms with Crippen LogP contribution in [0, 0.1) is 0 Å². The molecule has 0 atom stereocenters. The van der Waals surface area contributed by atoms with Crippen molar-refractivity contribution >= 4 is 52.3 Å². The van der Waals surface area contributed by atoms with Crippen molar-refractivity contribution in [2.45, 2.75) is 0 Å². The molecule has 0 saturated heterocycles. The summed E-state index contributed by atoms with van der Waals surface area (Å²) in [6, 6.07) is 12.9. The van der Waals surface area contributed by atoms with Crippen LogP contribution in [0.3, 0.4) is 0 Å². The Morgan fingerprint density at radius 3 is 1.89 bits per heavy atom. The van der Waals surface area contributed by atoms with Crippen LogP contribution in [0.25, 0.3) is 46.4 Å². The number of carbonyl (C=O) groups is 1. The van der Waals surface area contributed by atoms with Crippen molar-refractivity contribution in [1.29, 1.82) is 0 Å². The van der Waals surface area contributed by atoms with Gasteiger partial charge < -0.3 is 15.1 Å². The topological polar surface area (TPSA) is 94.7 Å². The van der Waals surface area contributed by atoms with E-state index >= 15 is 0 Å². The van der Waals surface area contributed by atoms with Gasteiger partial charge in [-0.05, 0) is 66.8 Å². The maximum atomic E-state index is 11.6. The van der Waals surface area contributed by atoms with Crippen LogP contribution in [0.5, 0.6) is 0 Å². The normalized spacial score (nSPS) is 12.4. The molecule has 0 amide bonds. The number of hydrogen-bond donors (Lipinski definition) is 3. The second-order valence-electron chi connectivity index (χ2n) is 6.39. The van der Waals surface area contributed by atoms with E-state index in [0.29, 0.717) is 11.0 Å². The van der Waals surface area contributed by atoms with Gasteiger partial charge in [-0.15, -0.1) is 0 Å². The van der Waals surface area contributed by atoms with Crippen molar-refractivity contribution in [2.24, 2.45) is 0 Å². The minimum Gasteiger partial charge on any atom is -0.478 e. The van der Waals surface area contributed by atoms with E-state index in [0.717, 1.165) is 33.8 Å². The van der Waals surface area contributed by atoms with Crippen molar-refractivity contribution in [3.05, 3.63) is 70.8 Å². The maximum absolute atomic E-state index is 11.6. The van der Waals surface area contributed by atoms with Crippen LogP contribution < -0.4 is 0 Å². The minimum atomic E-state index is -0.980. The van der Waals surface area contributed by atoms with Crippen LogP contribution in [-0.4, -0.2) is 31.0 Å². The zero-order valence-electron chi connectivity index (χ0n) is 14.1. The lowest BCUT2D eigenvalue weighted by atomic mass is 10.2. The molecule has 3 aromatic heterocycles. The van der Waals surface area contributed by atoms with Crippen LogP contribution >= 0.6 is 0 Å². The lowest BCUT2D eigenvalue weighted by molar-refractivity contribution is 0.0699. The molecular weight excluding hydrogens is 340 g/mol. The molecule has 6 heteroatoms. The zero-order chi connectivity index (χ0) is 18.4. The first kappa shape index (κ1) is 15.3. The molecule has 0 fully saturated rings. The first-order valence-electron chi connectivity index (χ1n) is 8.44. The summed E-state index contributed by atoms with van der Waals surface area (Å²) in [6.07, 6.45) is 7.70. The molecule has 3 aromatic rings. The molecule has 0 aromatic carbocycles. The molecule has 6 nitrogen and oxygen atoms in total. The number of aromatic carboxylic acids is 1. The third-order valence-corrected chi connectivity index (χ3v) is 4.40. The van der Waals surface area contributed by atoms with Crippen LogP contribution in [0.15, 0.2) is 42.5 Å². The highest BCUT2D eigenvalue weighted by Crippen LogP contribution is 2.19. The van der Waals surface area contributed by atoms with Gasteiger partial charge in [0.15, 0.2) is 0 Å². The van der Waals surface area contributed by atoms with Gasteiger partial charge in [-0.25, -0.2) is 14.8 Å². The number of nitrogens with one attached hydrogen (secondary N) is 2. The lowest BCUT2D eigenvalue weighted by Gasteiger charge is -1.88. The molecule has 8 bridgehead atoms. The number of H-pyrrole nitrogens is 2. The molecule has 2 aliphatic heterocycles. The summed E-state index contributed by atoms with van der Waals surface area (Å²) in [4.78, 5) is 27.2. The standard InChI is InChI=1S/C21H14N4O2/c26-21(27)19-10-18-9-16-4-3-14(23-16)7-12-1-2-13(22-12)8-15-5-6-17(24-15)11-20(19)25-18/h1-11,24-25H,(H,26,27). The molecule has 0 radical (unpaired) electrons. The van der Waals surface area contributed by atoms with Crippen LogP contribution in [0.1, 0.15) is 33.1 Å². The van der Waals surface area contributed by atoms with E-state index in [4.69, 9.17) is 0 Å². The minimum absolute atomic E-state index is 0.214. The Labute approximate surface area is 153 Å². The molecule has 2 aliphatic rings. The molecule has 0 aliphatic carbocycles. The van der Waals surface area contributed by atoms with Gasteiger partial charge in [0.1, 0.15) is 0 Å². The monoisotopic (exact) mass is 354 g/mol. The number of rotatable bonds is 1.